The monoisotopic (exact) mass is 316 g/mol. The fraction of sp³-hybridized carbons (Fsp3) is 0.188. The van der Waals surface area contributed by atoms with Crippen molar-refractivity contribution in [1.29, 1.82) is 0 Å². The first-order chi connectivity index (χ1) is 10.5. The number of hydrogen-bond acceptors (Lipinski definition) is 5. The van der Waals surface area contributed by atoms with E-state index in [4.69, 9.17) is 4.42 Å². The average Bonchev–Trinajstić information content (AvgIpc) is 2.89. The molecule has 0 fully saturated rings. The Balaban J connectivity index is 1.71. The highest BCUT2D eigenvalue weighted by atomic mass is 32.2. The third-order valence-electron chi connectivity index (χ3n) is 3.31. The Kier molecular flexibility index (Phi) is 3.85. The Morgan fingerprint density at radius 3 is 2.77 bits per heavy atom. The minimum atomic E-state index is -3.30. The highest BCUT2D eigenvalue weighted by Gasteiger charge is 2.13. The lowest BCUT2D eigenvalue weighted by Gasteiger charge is -2.08. The smallest absolute Gasteiger partial charge is 0.179 e. The fourth-order valence-electron chi connectivity index (χ4n) is 2.29. The molecule has 0 radical (unpaired) electrons. The summed E-state index contributed by atoms with van der Waals surface area (Å²) in [6.45, 7) is 0.541. The lowest BCUT2D eigenvalue weighted by atomic mass is 10.2. The van der Waals surface area contributed by atoms with Crippen molar-refractivity contribution in [3.8, 4) is 0 Å². The largest absolute Gasteiger partial charge is 0.461 e. The first-order valence-corrected chi connectivity index (χ1v) is 8.79. The number of anilines is 1. The second-order valence-corrected chi connectivity index (χ2v) is 7.03. The van der Waals surface area contributed by atoms with E-state index in [2.05, 4.69) is 10.3 Å². The van der Waals surface area contributed by atoms with Crippen LogP contribution in [0.1, 0.15) is 5.76 Å². The number of aromatic nitrogens is 1. The third kappa shape index (κ3) is 3.12. The summed E-state index contributed by atoms with van der Waals surface area (Å²) in [6.07, 6.45) is 3.39. The number of nitrogens with zero attached hydrogens (tertiary/aromatic N) is 1. The van der Waals surface area contributed by atoms with Crippen molar-refractivity contribution in [1.82, 2.24) is 4.98 Å². The van der Waals surface area contributed by atoms with Crippen molar-refractivity contribution in [2.24, 2.45) is 0 Å². The van der Waals surface area contributed by atoms with Gasteiger partial charge < -0.3 is 9.73 Å². The van der Waals surface area contributed by atoms with Gasteiger partial charge in [-0.25, -0.2) is 13.4 Å². The maximum atomic E-state index is 11.7. The van der Waals surface area contributed by atoms with Crippen LogP contribution in [0.2, 0.25) is 0 Å². The van der Waals surface area contributed by atoms with Gasteiger partial charge in [-0.05, 0) is 24.3 Å². The van der Waals surface area contributed by atoms with Crippen molar-refractivity contribution in [2.45, 2.75) is 11.3 Å². The van der Waals surface area contributed by atoms with Crippen molar-refractivity contribution in [3.05, 3.63) is 54.4 Å². The molecule has 6 heteroatoms. The van der Waals surface area contributed by atoms with E-state index in [1.54, 1.807) is 18.3 Å². The number of rotatable bonds is 5. The number of pyridine rings is 1. The van der Waals surface area contributed by atoms with Crippen LogP contribution < -0.4 is 5.32 Å². The first kappa shape index (κ1) is 14.6. The molecule has 2 aromatic heterocycles. The van der Waals surface area contributed by atoms with E-state index in [0.717, 1.165) is 16.7 Å². The van der Waals surface area contributed by atoms with E-state index >= 15 is 0 Å². The summed E-state index contributed by atoms with van der Waals surface area (Å²) in [5.41, 5.74) is 0.854. The van der Waals surface area contributed by atoms with Crippen molar-refractivity contribution in [2.75, 3.05) is 18.1 Å². The van der Waals surface area contributed by atoms with Crippen LogP contribution in [-0.2, 0) is 16.3 Å². The van der Waals surface area contributed by atoms with Gasteiger partial charge in [-0.3, -0.25) is 0 Å². The molecular formula is C16H16N2O3S. The standard InChI is InChI=1S/C16H16N2O3S/c1-22(19,20)15-7-4-9-17-16(15)18-10-8-13-11-12-5-2-3-6-14(12)21-13/h2-7,9,11H,8,10H2,1H3,(H,17,18). The number of benzene rings is 1. The number of hydrogen-bond donors (Lipinski definition) is 1. The van der Waals surface area contributed by atoms with Crippen LogP contribution in [0.25, 0.3) is 11.0 Å². The molecule has 0 saturated carbocycles. The zero-order valence-electron chi connectivity index (χ0n) is 12.1. The minimum absolute atomic E-state index is 0.208. The van der Waals surface area contributed by atoms with Crippen LogP contribution in [0.15, 0.2) is 58.0 Å². The molecule has 0 atom stereocenters. The van der Waals surface area contributed by atoms with E-state index in [1.165, 1.54) is 6.26 Å². The van der Waals surface area contributed by atoms with E-state index in [0.29, 0.717) is 18.8 Å². The zero-order chi connectivity index (χ0) is 15.6. The Morgan fingerprint density at radius 1 is 1.18 bits per heavy atom. The molecule has 0 spiro atoms. The first-order valence-electron chi connectivity index (χ1n) is 6.90. The lowest BCUT2D eigenvalue weighted by molar-refractivity contribution is 0.553. The van der Waals surface area contributed by atoms with Gasteiger partial charge in [-0.1, -0.05) is 18.2 Å². The van der Waals surface area contributed by atoms with Gasteiger partial charge in [0, 0.05) is 30.8 Å². The number of sulfone groups is 1. The molecular weight excluding hydrogens is 300 g/mol. The normalized spacial score (nSPS) is 11.7. The van der Waals surface area contributed by atoms with Crippen LogP contribution in [0.4, 0.5) is 5.82 Å². The van der Waals surface area contributed by atoms with Crippen LogP contribution in [0.5, 0.6) is 0 Å². The minimum Gasteiger partial charge on any atom is -0.461 e. The maximum absolute atomic E-state index is 11.7. The second kappa shape index (κ2) is 5.81. The molecule has 114 valence electrons. The third-order valence-corrected chi connectivity index (χ3v) is 4.44. The van der Waals surface area contributed by atoms with Crippen molar-refractivity contribution in [3.63, 3.8) is 0 Å². The maximum Gasteiger partial charge on any atom is 0.179 e. The molecule has 0 amide bonds. The fourth-order valence-corrected chi connectivity index (χ4v) is 3.09. The van der Waals surface area contributed by atoms with Crippen molar-refractivity contribution >= 4 is 26.6 Å². The molecule has 1 aromatic carbocycles. The summed E-state index contributed by atoms with van der Waals surface area (Å²) in [4.78, 5) is 4.31. The molecule has 2 heterocycles. The molecule has 5 nitrogen and oxygen atoms in total. The van der Waals surface area contributed by atoms with Gasteiger partial charge in [0.15, 0.2) is 9.84 Å². The highest BCUT2D eigenvalue weighted by molar-refractivity contribution is 7.90. The van der Waals surface area contributed by atoms with E-state index in [1.807, 2.05) is 30.3 Å². The van der Waals surface area contributed by atoms with Crippen LogP contribution in [0.3, 0.4) is 0 Å². The Hall–Kier alpha value is -2.34. The SMILES string of the molecule is CS(=O)(=O)c1cccnc1NCCc1cc2ccccc2o1. The van der Waals surface area contributed by atoms with Crippen LogP contribution >= 0.6 is 0 Å². The van der Waals surface area contributed by atoms with E-state index in [-0.39, 0.29) is 4.90 Å². The molecule has 0 unspecified atom stereocenters. The van der Waals surface area contributed by atoms with E-state index in [9.17, 15) is 8.42 Å². The number of fused-ring (bicyclic) bond motifs is 1. The van der Waals surface area contributed by atoms with Gasteiger partial charge in [-0.2, -0.15) is 0 Å². The average molecular weight is 316 g/mol. The summed E-state index contributed by atoms with van der Waals surface area (Å²) >= 11 is 0. The second-order valence-electron chi connectivity index (χ2n) is 5.05. The number of para-hydroxylation sites is 1. The predicted molar refractivity (Wildman–Crippen MR) is 85.8 cm³/mol. The molecule has 3 rings (SSSR count). The molecule has 0 saturated heterocycles. The topological polar surface area (TPSA) is 72.2 Å². The Labute approximate surface area is 128 Å². The Morgan fingerprint density at radius 2 is 2.00 bits per heavy atom. The lowest BCUT2D eigenvalue weighted by Crippen LogP contribution is -2.10. The quantitative estimate of drug-likeness (QED) is 0.783. The summed E-state index contributed by atoms with van der Waals surface area (Å²) < 4.78 is 29.1. The van der Waals surface area contributed by atoms with Crippen LogP contribution in [0, 0.1) is 0 Å². The molecule has 0 aliphatic rings. The molecule has 1 N–H and O–H groups in total. The molecule has 0 bridgehead atoms. The summed E-state index contributed by atoms with van der Waals surface area (Å²) in [6, 6.07) is 13.0. The number of nitrogens with one attached hydrogen (secondary N) is 1. The van der Waals surface area contributed by atoms with E-state index < -0.39 is 9.84 Å². The van der Waals surface area contributed by atoms with Gasteiger partial charge in [0.05, 0.1) is 0 Å². The zero-order valence-corrected chi connectivity index (χ0v) is 12.9. The number of furan rings is 1. The molecule has 0 aliphatic heterocycles. The Bertz CT molecular complexity index is 867. The van der Waals surface area contributed by atoms with Gasteiger partial charge in [-0.15, -0.1) is 0 Å². The van der Waals surface area contributed by atoms with Gasteiger partial charge in [0.25, 0.3) is 0 Å². The molecule has 0 aliphatic carbocycles. The summed E-state index contributed by atoms with van der Waals surface area (Å²) in [5, 5.41) is 4.12. The predicted octanol–water partition coefficient (Wildman–Crippen LogP) is 2.89. The van der Waals surface area contributed by atoms with Crippen LogP contribution in [-0.4, -0.2) is 26.2 Å². The van der Waals surface area contributed by atoms with Crippen molar-refractivity contribution < 1.29 is 12.8 Å². The molecule has 22 heavy (non-hydrogen) atoms. The highest BCUT2D eigenvalue weighted by Crippen LogP contribution is 2.20. The van der Waals surface area contributed by atoms with Gasteiger partial charge in [0.2, 0.25) is 0 Å². The summed E-state index contributed by atoms with van der Waals surface area (Å²) in [7, 11) is -3.30. The molecule has 3 aromatic rings. The van der Waals surface area contributed by atoms with Gasteiger partial charge >= 0.3 is 0 Å². The van der Waals surface area contributed by atoms with Gasteiger partial charge in [0.1, 0.15) is 22.1 Å². The summed E-state index contributed by atoms with van der Waals surface area (Å²) in [5.74, 6) is 1.23.